The molecule has 0 aromatic carbocycles. The summed E-state index contributed by atoms with van der Waals surface area (Å²) in [4.78, 5) is 25.6. The first-order valence-electron chi connectivity index (χ1n) is 3.20. The van der Waals surface area contributed by atoms with E-state index in [0.29, 0.717) is 0 Å². The summed E-state index contributed by atoms with van der Waals surface area (Å²) < 4.78 is 9.39. The minimum Gasteiger partial charge on any atom is -0.822 e. The monoisotopic (exact) mass is 222 g/mol. The molecule has 0 aliphatic carbocycles. The van der Waals surface area contributed by atoms with Gasteiger partial charge in [0.25, 0.3) is 0 Å². The van der Waals surface area contributed by atoms with Gasteiger partial charge in [-0.15, -0.1) is 0 Å². The van der Waals surface area contributed by atoms with E-state index in [1.54, 1.807) is 0 Å². The third-order valence-corrected chi connectivity index (χ3v) is 0.771. The Morgan fingerprint density at radius 2 is 1.46 bits per heavy atom. The third kappa shape index (κ3) is 62.7. The van der Waals surface area contributed by atoms with Crippen LogP contribution in [0.25, 0.3) is 0 Å². The van der Waals surface area contributed by atoms with Gasteiger partial charge in [0, 0.05) is 0 Å². The molecule has 0 bridgehead atoms. The Labute approximate surface area is 100 Å². The zero-order valence-corrected chi connectivity index (χ0v) is 11.3. The molecule has 0 spiro atoms. The number of likely N-dealkylation sites (N-methyl/N-ethyl adjacent to an activating group) is 1. The van der Waals surface area contributed by atoms with Crippen molar-refractivity contribution in [3.05, 3.63) is 0 Å². The Morgan fingerprint density at radius 3 is 1.46 bits per heavy atom. The van der Waals surface area contributed by atoms with E-state index in [1.807, 2.05) is 0 Å². The predicted octanol–water partition coefficient (Wildman–Crippen LogP) is -6.14. The van der Waals surface area contributed by atoms with Crippen LogP contribution in [-0.4, -0.2) is 43.9 Å². The topological polar surface area (TPSA) is 106 Å². The van der Waals surface area contributed by atoms with Crippen LogP contribution in [0.2, 0.25) is 0 Å². The van der Waals surface area contributed by atoms with Gasteiger partial charge in [0.1, 0.15) is 6.54 Å². The maximum atomic E-state index is 8.55. The van der Waals surface area contributed by atoms with Crippen LogP contribution < -0.4 is 44.2 Å². The molecular weight excluding hydrogens is 208 g/mol. The Hall–Kier alpha value is 1.03. The van der Waals surface area contributed by atoms with E-state index in [9.17, 15) is 0 Å². The molecular formula is C5H14NNaO5P-. The minimum absolute atomic E-state index is 0. The number of aliphatic hydroxyl groups excluding tert-OH is 1. The molecule has 6 nitrogen and oxygen atoms in total. The average Bonchev–Trinajstić information content (AvgIpc) is 1.54. The molecule has 0 heterocycles. The maximum absolute atomic E-state index is 8.55. The van der Waals surface area contributed by atoms with Crippen LogP contribution in [0.5, 0.6) is 0 Å². The summed E-state index contributed by atoms with van der Waals surface area (Å²) in [6.07, 6.45) is 0. The van der Waals surface area contributed by atoms with Crippen molar-refractivity contribution >= 4 is 7.82 Å². The summed E-state index contributed by atoms with van der Waals surface area (Å²) in [7, 11) is 0.767. The Morgan fingerprint density at radius 1 is 1.23 bits per heavy atom. The van der Waals surface area contributed by atoms with Gasteiger partial charge in [-0.3, -0.25) is 0 Å². The standard InChI is InChI=1S/C5H14NO.Na.H3O4P/c1-6(2,3)4-5-7;;1-5(2,3)4/h7H,4-5H2,1-3H3;;(H3,1,2,3,4)/q2*+1;/p-3. The van der Waals surface area contributed by atoms with Crippen LogP contribution in [0.15, 0.2) is 0 Å². The molecule has 0 rings (SSSR count). The second-order valence-electron chi connectivity index (χ2n) is 3.18. The van der Waals surface area contributed by atoms with Crippen molar-refractivity contribution in [2.75, 3.05) is 34.3 Å². The van der Waals surface area contributed by atoms with Crippen molar-refractivity contribution in [1.82, 2.24) is 0 Å². The van der Waals surface area contributed by atoms with Crippen molar-refractivity contribution in [1.29, 1.82) is 0 Å². The molecule has 0 aliphatic heterocycles. The van der Waals surface area contributed by atoms with E-state index in [0.717, 1.165) is 11.0 Å². The summed E-state index contributed by atoms with van der Waals surface area (Å²) in [6.45, 7) is 1.11. The molecule has 0 amide bonds. The number of aliphatic hydroxyl groups is 1. The van der Waals surface area contributed by atoms with Crippen LogP contribution in [0.3, 0.4) is 0 Å². The predicted molar refractivity (Wildman–Crippen MR) is 37.6 cm³/mol. The number of quaternary nitrogens is 1. The smallest absolute Gasteiger partial charge is 0.822 e. The largest absolute Gasteiger partial charge is 1.00 e. The molecule has 0 atom stereocenters. The van der Waals surface area contributed by atoms with Gasteiger partial charge in [0.05, 0.1) is 27.7 Å². The normalized spacial score (nSPS) is 11.0. The molecule has 8 heteroatoms. The zero-order chi connectivity index (χ0) is 10.4. The van der Waals surface area contributed by atoms with Crippen molar-refractivity contribution in [2.24, 2.45) is 0 Å². The van der Waals surface area contributed by atoms with Crippen molar-refractivity contribution in [2.45, 2.75) is 0 Å². The van der Waals surface area contributed by atoms with Crippen LogP contribution >= 0.6 is 7.82 Å². The molecule has 0 saturated carbocycles. The number of rotatable bonds is 2. The second-order valence-corrected chi connectivity index (χ2v) is 4.08. The fraction of sp³-hybridized carbons (Fsp3) is 1.00. The first kappa shape index (κ1) is 19.6. The molecule has 0 saturated heterocycles. The molecule has 13 heavy (non-hydrogen) atoms. The molecule has 0 radical (unpaired) electrons. The Bertz CT molecular complexity index is 145. The van der Waals surface area contributed by atoms with Gasteiger partial charge in [-0.25, -0.2) is 0 Å². The summed E-state index contributed by atoms with van der Waals surface area (Å²) in [6, 6.07) is 0. The summed E-state index contributed by atoms with van der Waals surface area (Å²) in [5.41, 5.74) is 0. The average molecular weight is 222 g/mol. The Balaban J connectivity index is -0.000000150. The first-order valence-corrected chi connectivity index (χ1v) is 4.66. The molecule has 0 aromatic heterocycles. The second kappa shape index (κ2) is 8.35. The molecule has 0 fully saturated rings. The summed E-state index contributed by atoms with van der Waals surface area (Å²) in [5.74, 6) is 0. The van der Waals surface area contributed by atoms with E-state index in [2.05, 4.69) is 21.1 Å². The van der Waals surface area contributed by atoms with Crippen LogP contribution in [0, 0.1) is 0 Å². The SMILES string of the molecule is C[N+](C)(C)CCO.O=P([O-])([O-])[O-].[Na+]. The van der Waals surface area contributed by atoms with Crippen LogP contribution in [-0.2, 0) is 4.57 Å². The molecule has 1 N–H and O–H groups in total. The number of hydrogen-bond acceptors (Lipinski definition) is 5. The van der Waals surface area contributed by atoms with E-state index < -0.39 is 7.82 Å². The van der Waals surface area contributed by atoms with Gasteiger partial charge in [-0.05, 0) is 0 Å². The van der Waals surface area contributed by atoms with Gasteiger partial charge in [0.15, 0.2) is 0 Å². The Kier molecular flexibility index (Phi) is 12.6. The zero-order valence-electron chi connectivity index (χ0n) is 8.39. The molecule has 76 valence electrons. The van der Waals surface area contributed by atoms with E-state index in [1.165, 1.54) is 0 Å². The number of nitrogens with zero attached hydrogens (tertiary/aromatic N) is 1. The van der Waals surface area contributed by atoms with Gasteiger partial charge in [-0.1, -0.05) is 0 Å². The quantitative estimate of drug-likeness (QED) is 0.284. The molecule has 0 aromatic rings. The summed E-state index contributed by atoms with van der Waals surface area (Å²) >= 11 is 0. The van der Waals surface area contributed by atoms with Gasteiger partial charge >= 0.3 is 29.6 Å². The maximum Gasteiger partial charge on any atom is 1.00 e. The van der Waals surface area contributed by atoms with E-state index in [-0.39, 0.29) is 36.2 Å². The number of hydrogen-bond donors (Lipinski definition) is 1. The fourth-order valence-corrected chi connectivity index (χ4v) is 0.300. The van der Waals surface area contributed by atoms with Gasteiger partial charge in [0.2, 0.25) is 0 Å². The van der Waals surface area contributed by atoms with Crippen LogP contribution in [0.4, 0.5) is 0 Å². The first-order chi connectivity index (χ1) is 5.06. The number of phosphoric acid groups is 1. The van der Waals surface area contributed by atoms with Crippen LogP contribution in [0.1, 0.15) is 0 Å². The van der Waals surface area contributed by atoms with Crippen molar-refractivity contribution in [3.8, 4) is 0 Å². The molecule has 0 unspecified atom stereocenters. The van der Waals surface area contributed by atoms with E-state index >= 15 is 0 Å². The van der Waals surface area contributed by atoms with Crippen molar-refractivity contribution < 1.29 is 58.4 Å². The minimum atomic E-state index is -5.39. The fourth-order valence-electron chi connectivity index (χ4n) is 0.300. The summed E-state index contributed by atoms with van der Waals surface area (Å²) in [5, 5.41) is 8.39. The van der Waals surface area contributed by atoms with E-state index in [4.69, 9.17) is 24.4 Å². The third-order valence-electron chi connectivity index (χ3n) is 0.771. The van der Waals surface area contributed by atoms with Crippen molar-refractivity contribution in [3.63, 3.8) is 0 Å². The van der Waals surface area contributed by atoms with Gasteiger partial charge < -0.3 is 28.8 Å². The molecule has 0 aliphatic rings. The van der Waals surface area contributed by atoms with Gasteiger partial charge in [-0.2, -0.15) is 7.82 Å².